The van der Waals surface area contributed by atoms with Crippen molar-refractivity contribution in [2.45, 2.75) is 9.84 Å². The Labute approximate surface area is 138 Å². The molecule has 0 aromatic heterocycles. The predicted octanol–water partition coefficient (Wildman–Crippen LogP) is 4.03. The summed E-state index contributed by atoms with van der Waals surface area (Å²) in [5.41, 5.74) is 2.42. The fraction of sp³-hybridized carbons (Fsp3) is 0.294. The number of fused-ring (bicyclic) bond motifs is 1. The van der Waals surface area contributed by atoms with Gasteiger partial charge in [-0.25, -0.2) is 0 Å². The Hall–Kier alpha value is -1.43. The highest BCUT2D eigenvalue weighted by atomic mass is 127. The van der Waals surface area contributed by atoms with Crippen molar-refractivity contribution < 1.29 is 14.2 Å². The number of hydrogen-bond acceptors (Lipinski definition) is 3. The third kappa shape index (κ3) is 2.81. The molecule has 3 nitrogen and oxygen atoms in total. The number of hydrogen-bond donors (Lipinski definition) is 0. The molecule has 0 unspecified atom stereocenters. The highest BCUT2D eigenvalue weighted by molar-refractivity contribution is 14.1. The van der Waals surface area contributed by atoms with Gasteiger partial charge in [0.1, 0.15) is 23.9 Å². The van der Waals surface area contributed by atoms with Crippen LogP contribution in [-0.2, 0) is 0 Å². The van der Waals surface area contributed by atoms with Crippen LogP contribution in [0.5, 0.6) is 17.2 Å². The Kier molecular flexibility index (Phi) is 4.24. The van der Waals surface area contributed by atoms with Crippen molar-refractivity contribution >= 4 is 22.6 Å². The molecule has 1 aliphatic heterocycles. The molecule has 1 aliphatic rings. The Morgan fingerprint density at radius 3 is 2.57 bits per heavy atom. The van der Waals surface area contributed by atoms with E-state index in [1.165, 1.54) is 11.1 Å². The lowest BCUT2D eigenvalue weighted by atomic mass is 9.86. The molecule has 0 bridgehead atoms. The summed E-state index contributed by atoms with van der Waals surface area (Å²) < 4.78 is 16.9. The largest absolute Gasteiger partial charge is 0.497 e. The molecule has 2 atom stereocenters. The van der Waals surface area contributed by atoms with Gasteiger partial charge < -0.3 is 14.2 Å². The van der Waals surface area contributed by atoms with Crippen LogP contribution in [-0.4, -0.2) is 24.8 Å². The van der Waals surface area contributed by atoms with Crippen molar-refractivity contribution in [3.05, 3.63) is 53.6 Å². The van der Waals surface area contributed by atoms with Crippen LogP contribution in [0.15, 0.2) is 42.5 Å². The molecular weight excluding hydrogens is 379 g/mol. The smallest absolute Gasteiger partial charge is 0.123 e. The summed E-state index contributed by atoms with van der Waals surface area (Å²) in [4.78, 5) is 0. The molecule has 0 saturated heterocycles. The first kappa shape index (κ1) is 14.5. The van der Waals surface area contributed by atoms with Crippen molar-refractivity contribution in [1.29, 1.82) is 0 Å². The number of halogens is 1. The molecule has 0 spiro atoms. The second kappa shape index (κ2) is 6.13. The van der Waals surface area contributed by atoms with E-state index in [0.717, 1.165) is 17.2 Å². The lowest BCUT2D eigenvalue weighted by Crippen LogP contribution is -2.26. The summed E-state index contributed by atoms with van der Waals surface area (Å²) in [5.74, 6) is 2.96. The van der Waals surface area contributed by atoms with E-state index in [-0.39, 0.29) is 5.92 Å². The van der Waals surface area contributed by atoms with Crippen LogP contribution in [0.4, 0.5) is 0 Å². The number of alkyl halides is 1. The minimum atomic E-state index is 0.277. The van der Waals surface area contributed by atoms with Gasteiger partial charge in [0.15, 0.2) is 0 Å². The van der Waals surface area contributed by atoms with E-state index in [4.69, 9.17) is 14.2 Å². The quantitative estimate of drug-likeness (QED) is 0.579. The van der Waals surface area contributed by atoms with Crippen LogP contribution < -0.4 is 14.2 Å². The third-order valence-electron chi connectivity index (χ3n) is 3.76. The van der Waals surface area contributed by atoms with Crippen LogP contribution in [0.2, 0.25) is 0 Å². The molecule has 21 heavy (non-hydrogen) atoms. The van der Waals surface area contributed by atoms with Crippen LogP contribution in [0, 0.1) is 0 Å². The second-order valence-corrected chi connectivity index (χ2v) is 6.59. The standard InChI is InChI=1S/C17H17IO3/c1-19-12-5-3-4-11(8-12)17-14-9-13(20-2)6-7-16(14)21-10-15(17)18/h3-9,15,17H,10H2,1-2H3/t15-,17-/m1/s1. The van der Waals surface area contributed by atoms with Gasteiger partial charge in [0.05, 0.1) is 18.1 Å². The van der Waals surface area contributed by atoms with E-state index < -0.39 is 0 Å². The second-order valence-electron chi connectivity index (χ2n) is 4.99. The van der Waals surface area contributed by atoms with E-state index in [1.54, 1.807) is 14.2 Å². The summed E-state index contributed by atoms with van der Waals surface area (Å²) >= 11 is 2.46. The van der Waals surface area contributed by atoms with Gasteiger partial charge in [-0.05, 0) is 35.9 Å². The van der Waals surface area contributed by atoms with E-state index in [2.05, 4.69) is 40.8 Å². The molecule has 2 aromatic rings. The van der Waals surface area contributed by atoms with Gasteiger partial charge in [0.2, 0.25) is 0 Å². The zero-order valence-electron chi connectivity index (χ0n) is 12.0. The maximum absolute atomic E-state index is 5.85. The monoisotopic (exact) mass is 396 g/mol. The van der Waals surface area contributed by atoms with E-state index >= 15 is 0 Å². The fourth-order valence-corrected chi connectivity index (χ4v) is 3.69. The van der Waals surface area contributed by atoms with Crippen molar-refractivity contribution in [1.82, 2.24) is 0 Å². The average Bonchev–Trinajstić information content (AvgIpc) is 2.54. The van der Waals surface area contributed by atoms with Gasteiger partial charge in [-0.2, -0.15) is 0 Å². The zero-order valence-corrected chi connectivity index (χ0v) is 14.2. The molecule has 110 valence electrons. The summed E-state index contributed by atoms with van der Waals surface area (Å²) in [6.07, 6.45) is 0. The summed E-state index contributed by atoms with van der Waals surface area (Å²) in [6, 6.07) is 14.3. The molecular formula is C17H17IO3. The van der Waals surface area contributed by atoms with Crippen molar-refractivity contribution in [2.75, 3.05) is 20.8 Å². The topological polar surface area (TPSA) is 27.7 Å². The summed E-state index contributed by atoms with van der Waals surface area (Å²) in [6.45, 7) is 0.710. The highest BCUT2D eigenvalue weighted by Crippen LogP contribution is 2.43. The van der Waals surface area contributed by atoms with Crippen LogP contribution in [0.1, 0.15) is 17.0 Å². The Balaban J connectivity index is 2.09. The lowest BCUT2D eigenvalue weighted by Gasteiger charge is -2.31. The lowest BCUT2D eigenvalue weighted by molar-refractivity contribution is 0.287. The molecule has 0 amide bonds. The number of rotatable bonds is 3. The third-order valence-corrected chi connectivity index (χ3v) is 4.84. The normalized spacial score (nSPS) is 20.3. The molecule has 0 radical (unpaired) electrons. The minimum absolute atomic E-state index is 0.277. The Morgan fingerprint density at radius 2 is 1.81 bits per heavy atom. The predicted molar refractivity (Wildman–Crippen MR) is 91.1 cm³/mol. The van der Waals surface area contributed by atoms with E-state index in [1.807, 2.05) is 24.3 Å². The SMILES string of the molecule is COc1cccc([C@@H]2c3cc(OC)ccc3OC[C@H]2I)c1. The highest BCUT2D eigenvalue weighted by Gasteiger charge is 2.31. The minimum Gasteiger partial charge on any atom is -0.497 e. The number of methoxy groups -OCH3 is 2. The van der Waals surface area contributed by atoms with Crippen LogP contribution in [0.25, 0.3) is 0 Å². The zero-order chi connectivity index (χ0) is 14.8. The molecule has 0 aliphatic carbocycles. The van der Waals surface area contributed by atoms with Crippen molar-refractivity contribution in [3.8, 4) is 17.2 Å². The molecule has 0 saturated carbocycles. The van der Waals surface area contributed by atoms with Gasteiger partial charge in [0, 0.05) is 11.5 Å². The summed E-state index contributed by atoms with van der Waals surface area (Å²) in [5, 5.41) is 0. The van der Waals surface area contributed by atoms with Gasteiger partial charge >= 0.3 is 0 Å². The van der Waals surface area contributed by atoms with Crippen molar-refractivity contribution in [3.63, 3.8) is 0 Å². The van der Waals surface area contributed by atoms with Crippen molar-refractivity contribution in [2.24, 2.45) is 0 Å². The van der Waals surface area contributed by atoms with E-state index in [0.29, 0.717) is 10.5 Å². The number of benzene rings is 2. The molecule has 0 N–H and O–H groups in total. The van der Waals surface area contributed by atoms with Gasteiger partial charge in [-0.15, -0.1) is 0 Å². The number of ether oxygens (including phenoxy) is 3. The molecule has 0 fully saturated rings. The first-order chi connectivity index (χ1) is 10.2. The molecule has 4 heteroatoms. The first-order valence-electron chi connectivity index (χ1n) is 6.81. The van der Waals surface area contributed by atoms with Gasteiger partial charge in [-0.1, -0.05) is 34.7 Å². The van der Waals surface area contributed by atoms with Gasteiger partial charge in [0.25, 0.3) is 0 Å². The van der Waals surface area contributed by atoms with E-state index in [9.17, 15) is 0 Å². The maximum Gasteiger partial charge on any atom is 0.123 e. The summed E-state index contributed by atoms with van der Waals surface area (Å²) in [7, 11) is 3.38. The Morgan fingerprint density at radius 1 is 1.05 bits per heavy atom. The van der Waals surface area contributed by atoms with Gasteiger partial charge in [-0.3, -0.25) is 0 Å². The first-order valence-corrected chi connectivity index (χ1v) is 8.06. The molecule has 1 heterocycles. The van der Waals surface area contributed by atoms with Crippen LogP contribution >= 0.6 is 22.6 Å². The maximum atomic E-state index is 5.85. The molecule has 2 aromatic carbocycles. The fourth-order valence-electron chi connectivity index (χ4n) is 2.71. The Bertz CT molecular complexity index is 642. The van der Waals surface area contributed by atoms with Crippen LogP contribution in [0.3, 0.4) is 0 Å². The average molecular weight is 396 g/mol. The molecule has 3 rings (SSSR count).